The molecule has 2 N–H and O–H groups in total. The Morgan fingerprint density at radius 1 is 1.33 bits per heavy atom. The van der Waals surface area contributed by atoms with Crippen molar-refractivity contribution in [3.05, 3.63) is 0 Å². The fourth-order valence-corrected chi connectivity index (χ4v) is 2.89. The maximum atomic E-state index is 5.99. The number of nitrogens with two attached hydrogens (primary N) is 1. The maximum absolute atomic E-state index is 5.99. The molecule has 3 nitrogen and oxygen atoms in total. The van der Waals surface area contributed by atoms with Crippen LogP contribution in [-0.2, 0) is 0 Å². The number of rotatable bonds is 4. The lowest BCUT2D eigenvalue weighted by Gasteiger charge is -2.39. The van der Waals surface area contributed by atoms with Crippen molar-refractivity contribution in [2.45, 2.75) is 37.8 Å². The van der Waals surface area contributed by atoms with Gasteiger partial charge in [0.15, 0.2) is 0 Å². The molecule has 0 radical (unpaired) electrons. The fraction of sp³-hybridized carbons (Fsp3) is 1.00. The van der Waals surface area contributed by atoms with Gasteiger partial charge in [0.05, 0.1) is 0 Å². The Bertz CT molecular complexity index is 225. The zero-order valence-electron chi connectivity index (χ0n) is 10.4. The van der Waals surface area contributed by atoms with Gasteiger partial charge in [-0.3, -0.25) is 4.90 Å². The molecule has 2 atom stereocenters. The van der Waals surface area contributed by atoms with Crippen LogP contribution in [0.2, 0.25) is 0 Å². The number of hydrogen-bond acceptors (Lipinski definition) is 3. The van der Waals surface area contributed by atoms with E-state index in [9.17, 15) is 0 Å². The highest BCUT2D eigenvalue weighted by Crippen LogP contribution is 2.43. The van der Waals surface area contributed by atoms with Crippen LogP contribution < -0.4 is 5.73 Å². The monoisotopic (exact) mass is 211 g/mol. The molecule has 1 heterocycles. The molecular formula is C12H25N3. The van der Waals surface area contributed by atoms with Crippen LogP contribution in [0.4, 0.5) is 0 Å². The first-order valence-corrected chi connectivity index (χ1v) is 6.19. The normalized spacial score (nSPS) is 32.2. The van der Waals surface area contributed by atoms with Crippen molar-refractivity contribution in [3.8, 4) is 0 Å². The molecule has 0 aromatic rings. The second-order valence-corrected chi connectivity index (χ2v) is 5.69. The Morgan fingerprint density at radius 2 is 2.00 bits per heavy atom. The lowest BCUT2D eigenvalue weighted by Crippen LogP contribution is -2.53. The van der Waals surface area contributed by atoms with E-state index >= 15 is 0 Å². The van der Waals surface area contributed by atoms with Gasteiger partial charge in [0.25, 0.3) is 0 Å². The molecular weight excluding hydrogens is 186 g/mol. The summed E-state index contributed by atoms with van der Waals surface area (Å²) in [6, 6.07) is 0.731. The van der Waals surface area contributed by atoms with Crippen LogP contribution >= 0.6 is 0 Å². The highest BCUT2D eigenvalue weighted by atomic mass is 15.3. The average molecular weight is 211 g/mol. The Kier molecular flexibility index (Phi) is 3.06. The molecule has 15 heavy (non-hydrogen) atoms. The quantitative estimate of drug-likeness (QED) is 0.745. The molecule has 88 valence electrons. The third-order valence-electron chi connectivity index (χ3n) is 4.49. The summed E-state index contributed by atoms with van der Waals surface area (Å²) in [7, 11) is 4.37. The summed E-state index contributed by atoms with van der Waals surface area (Å²) in [5.41, 5.74) is 6.28. The van der Waals surface area contributed by atoms with Crippen molar-refractivity contribution in [3.63, 3.8) is 0 Å². The molecule has 0 aromatic heterocycles. The lowest BCUT2D eigenvalue weighted by atomic mass is 9.94. The minimum absolute atomic E-state index is 0.283. The minimum Gasteiger partial charge on any atom is -0.329 e. The fourth-order valence-electron chi connectivity index (χ4n) is 2.89. The van der Waals surface area contributed by atoms with Crippen LogP contribution in [-0.4, -0.2) is 55.1 Å². The average Bonchev–Trinajstić information content (AvgIpc) is 2.94. The molecule has 3 heteroatoms. The van der Waals surface area contributed by atoms with E-state index in [2.05, 4.69) is 30.8 Å². The van der Waals surface area contributed by atoms with Crippen molar-refractivity contribution in [1.82, 2.24) is 9.80 Å². The van der Waals surface area contributed by atoms with Crippen molar-refractivity contribution in [2.75, 3.05) is 33.7 Å². The van der Waals surface area contributed by atoms with Gasteiger partial charge in [-0.15, -0.1) is 0 Å². The maximum Gasteiger partial charge on any atom is 0.0332 e. The second kappa shape index (κ2) is 4.04. The van der Waals surface area contributed by atoms with E-state index in [4.69, 9.17) is 5.73 Å². The van der Waals surface area contributed by atoms with Crippen LogP contribution in [0.25, 0.3) is 0 Å². The van der Waals surface area contributed by atoms with Crippen molar-refractivity contribution < 1.29 is 0 Å². The Labute approximate surface area is 93.6 Å². The SMILES string of the molecule is CN(C)C1CCN(C(C)(CN)C2CC2)C1. The van der Waals surface area contributed by atoms with Gasteiger partial charge in [-0.25, -0.2) is 0 Å². The molecule has 1 saturated heterocycles. The molecule has 2 rings (SSSR count). The van der Waals surface area contributed by atoms with Gasteiger partial charge in [-0.05, 0) is 46.2 Å². The molecule has 2 fully saturated rings. The lowest BCUT2D eigenvalue weighted by molar-refractivity contribution is 0.109. The predicted octanol–water partition coefficient (Wildman–Crippen LogP) is 0.750. The summed E-state index contributed by atoms with van der Waals surface area (Å²) in [5, 5.41) is 0. The number of hydrogen-bond donors (Lipinski definition) is 1. The van der Waals surface area contributed by atoms with Crippen molar-refractivity contribution >= 4 is 0 Å². The summed E-state index contributed by atoms with van der Waals surface area (Å²) >= 11 is 0. The Hall–Kier alpha value is -0.120. The molecule has 2 aliphatic rings. The first kappa shape index (κ1) is 11.4. The first-order valence-electron chi connectivity index (χ1n) is 6.19. The molecule has 1 aliphatic carbocycles. The van der Waals surface area contributed by atoms with Gasteiger partial charge < -0.3 is 10.6 Å². The van der Waals surface area contributed by atoms with Crippen LogP contribution in [0.3, 0.4) is 0 Å². The van der Waals surface area contributed by atoms with Crippen LogP contribution in [0.5, 0.6) is 0 Å². The molecule has 0 amide bonds. The van der Waals surface area contributed by atoms with Gasteiger partial charge in [0.1, 0.15) is 0 Å². The third-order valence-corrected chi connectivity index (χ3v) is 4.49. The second-order valence-electron chi connectivity index (χ2n) is 5.69. The van der Waals surface area contributed by atoms with E-state index in [1.807, 2.05) is 0 Å². The first-order chi connectivity index (χ1) is 7.08. The van der Waals surface area contributed by atoms with E-state index in [0.29, 0.717) is 0 Å². The smallest absolute Gasteiger partial charge is 0.0332 e. The van der Waals surface area contributed by atoms with Gasteiger partial charge >= 0.3 is 0 Å². The zero-order valence-corrected chi connectivity index (χ0v) is 10.4. The molecule has 0 bridgehead atoms. The highest BCUT2D eigenvalue weighted by molar-refractivity contribution is 5.03. The van der Waals surface area contributed by atoms with Gasteiger partial charge in [-0.1, -0.05) is 0 Å². The van der Waals surface area contributed by atoms with Gasteiger partial charge in [0.2, 0.25) is 0 Å². The Morgan fingerprint density at radius 3 is 2.40 bits per heavy atom. The van der Waals surface area contributed by atoms with Crippen LogP contribution in [0, 0.1) is 5.92 Å². The van der Waals surface area contributed by atoms with Crippen LogP contribution in [0.1, 0.15) is 26.2 Å². The summed E-state index contributed by atoms with van der Waals surface area (Å²) in [6.07, 6.45) is 4.07. The minimum atomic E-state index is 0.283. The van der Waals surface area contributed by atoms with E-state index in [1.165, 1.54) is 32.4 Å². The molecule has 1 aliphatic heterocycles. The standard InChI is InChI=1S/C12H25N3/c1-12(9-13,10-4-5-10)15-7-6-11(8-15)14(2)3/h10-11H,4-9,13H2,1-3H3. The molecule has 0 spiro atoms. The van der Waals surface area contributed by atoms with Crippen molar-refractivity contribution in [1.29, 1.82) is 0 Å². The predicted molar refractivity (Wildman–Crippen MR) is 63.8 cm³/mol. The summed E-state index contributed by atoms with van der Waals surface area (Å²) in [4.78, 5) is 4.99. The van der Waals surface area contributed by atoms with E-state index in [0.717, 1.165) is 18.5 Å². The van der Waals surface area contributed by atoms with Crippen molar-refractivity contribution in [2.24, 2.45) is 11.7 Å². The third kappa shape index (κ3) is 2.05. The van der Waals surface area contributed by atoms with E-state index < -0.39 is 0 Å². The number of likely N-dealkylation sites (tertiary alicyclic amines) is 1. The highest BCUT2D eigenvalue weighted by Gasteiger charge is 2.46. The summed E-state index contributed by atoms with van der Waals surface area (Å²) in [6.45, 7) is 5.62. The number of nitrogens with zero attached hydrogens (tertiary/aromatic N) is 2. The van der Waals surface area contributed by atoms with Gasteiger partial charge in [-0.2, -0.15) is 0 Å². The summed E-state index contributed by atoms with van der Waals surface area (Å²) < 4.78 is 0. The molecule has 2 unspecified atom stereocenters. The Balaban J connectivity index is 1.99. The largest absolute Gasteiger partial charge is 0.329 e. The zero-order chi connectivity index (χ0) is 11.1. The molecule has 1 saturated carbocycles. The molecule has 0 aromatic carbocycles. The van der Waals surface area contributed by atoms with Crippen LogP contribution in [0.15, 0.2) is 0 Å². The topological polar surface area (TPSA) is 32.5 Å². The number of likely N-dealkylation sites (N-methyl/N-ethyl adjacent to an activating group) is 1. The summed E-state index contributed by atoms with van der Waals surface area (Å²) in [5.74, 6) is 0.864. The van der Waals surface area contributed by atoms with E-state index in [-0.39, 0.29) is 5.54 Å². The van der Waals surface area contributed by atoms with Gasteiger partial charge in [0, 0.05) is 31.2 Å². The van der Waals surface area contributed by atoms with E-state index in [1.54, 1.807) is 0 Å².